The van der Waals surface area contributed by atoms with Crippen molar-refractivity contribution < 1.29 is 24.2 Å². The Bertz CT molecular complexity index is 683. The summed E-state index contributed by atoms with van der Waals surface area (Å²) in [5.41, 5.74) is 0. The Morgan fingerprint density at radius 3 is 1.17 bits per heavy atom. The summed E-state index contributed by atoms with van der Waals surface area (Å²) < 4.78 is 6.01. The number of carboxylic acid groups (broad SMARTS) is 1. The molecule has 0 spiro atoms. The van der Waals surface area contributed by atoms with Gasteiger partial charge in [-0.3, -0.25) is 14.4 Å². The number of hydrogen-bond acceptors (Lipinski definition) is 4. The molecule has 0 aliphatic heterocycles. The van der Waals surface area contributed by atoms with Crippen LogP contribution in [0, 0.1) is 0 Å². The highest BCUT2D eigenvalue weighted by Crippen LogP contribution is 2.19. The Balaban J connectivity index is 4.13. The van der Waals surface area contributed by atoms with Gasteiger partial charge < -0.3 is 15.2 Å². The first kappa shape index (κ1) is 44.4. The minimum absolute atomic E-state index is 0.0118. The summed E-state index contributed by atoms with van der Waals surface area (Å²) in [7, 11) is 0. The number of ether oxygens (including phenoxy) is 1. The van der Waals surface area contributed by atoms with E-state index in [4.69, 9.17) is 9.84 Å². The lowest BCUT2D eigenvalue weighted by Crippen LogP contribution is -2.28. The first-order valence-electron chi connectivity index (χ1n) is 20.2. The molecule has 0 heterocycles. The molecule has 0 bridgehead atoms. The Morgan fingerprint density at radius 1 is 0.478 bits per heavy atom. The second-order valence-electron chi connectivity index (χ2n) is 13.9. The molecule has 46 heavy (non-hydrogen) atoms. The quantitative estimate of drug-likeness (QED) is 0.0515. The van der Waals surface area contributed by atoms with Crippen molar-refractivity contribution >= 4 is 17.8 Å². The number of aliphatic carboxylic acids is 1. The van der Waals surface area contributed by atoms with Gasteiger partial charge in [-0.2, -0.15) is 0 Å². The van der Waals surface area contributed by atoms with E-state index < -0.39 is 5.97 Å². The first-order chi connectivity index (χ1) is 22.5. The van der Waals surface area contributed by atoms with Crippen molar-refractivity contribution in [2.24, 2.45) is 0 Å². The average molecular weight is 652 g/mol. The molecular formula is C40H77NO5. The van der Waals surface area contributed by atoms with Crippen LogP contribution in [0.1, 0.15) is 226 Å². The Labute approximate surface area is 285 Å². The van der Waals surface area contributed by atoms with Crippen LogP contribution < -0.4 is 5.32 Å². The summed E-state index contributed by atoms with van der Waals surface area (Å²) in [6, 6.07) is 0. The predicted octanol–water partition coefficient (Wildman–Crippen LogP) is 12.0. The molecule has 6 heteroatoms. The standard InChI is InChI=1S/C40H77NO5/c1-3-5-7-9-11-13-15-16-17-18-19-21-24-28-32-37(33-29-25-23-26-30-34-38(42)41-36-39(43)44)46-40(45)35-31-27-22-20-14-12-10-8-6-4-2/h37H,3-36H2,1-2H3,(H,41,42)(H,43,44). The van der Waals surface area contributed by atoms with Crippen molar-refractivity contribution in [3.8, 4) is 0 Å². The van der Waals surface area contributed by atoms with Gasteiger partial charge in [0.25, 0.3) is 0 Å². The van der Waals surface area contributed by atoms with Gasteiger partial charge in [0, 0.05) is 12.8 Å². The van der Waals surface area contributed by atoms with Crippen molar-refractivity contribution in [1.29, 1.82) is 0 Å². The smallest absolute Gasteiger partial charge is 0.322 e. The molecule has 0 aromatic rings. The van der Waals surface area contributed by atoms with E-state index in [1.165, 1.54) is 135 Å². The number of nitrogens with one attached hydrogen (secondary N) is 1. The SMILES string of the molecule is CCCCCCCCCCCCCCCCC(CCCCCCCC(=O)NCC(=O)O)OC(=O)CCCCCCCCCCCC. The fraction of sp³-hybridized carbons (Fsp3) is 0.925. The molecule has 0 fully saturated rings. The zero-order valence-electron chi connectivity index (χ0n) is 30.7. The number of amides is 1. The van der Waals surface area contributed by atoms with Crippen molar-refractivity contribution in [1.82, 2.24) is 5.32 Å². The predicted molar refractivity (Wildman–Crippen MR) is 194 cm³/mol. The van der Waals surface area contributed by atoms with Crippen LogP contribution in [0.5, 0.6) is 0 Å². The van der Waals surface area contributed by atoms with Gasteiger partial charge in [0.15, 0.2) is 0 Å². The second kappa shape index (κ2) is 36.2. The van der Waals surface area contributed by atoms with Crippen molar-refractivity contribution in [3.63, 3.8) is 0 Å². The number of esters is 1. The Hall–Kier alpha value is -1.59. The van der Waals surface area contributed by atoms with Crippen LogP contribution in [0.2, 0.25) is 0 Å². The van der Waals surface area contributed by atoms with Crippen molar-refractivity contribution in [2.75, 3.05) is 6.54 Å². The summed E-state index contributed by atoms with van der Waals surface area (Å²) in [4.78, 5) is 34.9. The van der Waals surface area contributed by atoms with Crippen molar-refractivity contribution in [3.05, 3.63) is 0 Å². The molecule has 0 aliphatic carbocycles. The maximum Gasteiger partial charge on any atom is 0.322 e. The fourth-order valence-electron chi connectivity index (χ4n) is 6.28. The fourth-order valence-corrected chi connectivity index (χ4v) is 6.28. The maximum atomic E-state index is 12.7. The van der Waals surface area contributed by atoms with E-state index in [9.17, 15) is 14.4 Å². The van der Waals surface area contributed by atoms with Gasteiger partial charge >= 0.3 is 11.9 Å². The molecule has 2 N–H and O–H groups in total. The second-order valence-corrected chi connectivity index (χ2v) is 13.9. The van der Waals surface area contributed by atoms with Gasteiger partial charge in [-0.15, -0.1) is 0 Å². The Kier molecular flexibility index (Phi) is 35.0. The molecular weight excluding hydrogens is 574 g/mol. The minimum Gasteiger partial charge on any atom is -0.480 e. The molecule has 0 aromatic carbocycles. The van der Waals surface area contributed by atoms with E-state index in [0.717, 1.165) is 64.2 Å². The number of carboxylic acids is 1. The molecule has 0 aliphatic rings. The third-order valence-electron chi connectivity index (χ3n) is 9.28. The highest BCUT2D eigenvalue weighted by molar-refractivity contribution is 5.80. The number of unbranched alkanes of at least 4 members (excludes halogenated alkanes) is 26. The number of hydrogen-bond donors (Lipinski definition) is 2. The molecule has 1 atom stereocenters. The molecule has 0 aromatic heterocycles. The monoisotopic (exact) mass is 652 g/mol. The highest BCUT2D eigenvalue weighted by atomic mass is 16.5. The molecule has 1 unspecified atom stereocenters. The normalized spacial score (nSPS) is 11.9. The highest BCUT2D eigenvalue weighted by Gasteiger charge is 2.14. The van der Waals surface area contributed by atoms with Gasteiger partial charge in [-0.1, -0.05) is 174 Å². The van der Waals surface area contributed by atoms with Gasteiger partial charge in [0.2, 0.25) is 5.91 Å². The van der Waals surface area contributed by atoms with Crippen LogP contribution in [0.15, 0.2) is 0 Å². The number of carbonyl (C=O) groups excluding carboxylic acids is 2. The number of carbonyl (C=O) groups is 3. The van der Waals surface area contributed by atoms with E-state index in [2.05, 4.69) is 19.2 Å². The Morgan fingerprint density at radius 2 is 0.804 bits per heavy atom. The van der Waals surface area contributed by atoms with Crippen LogP contribution in [-0.2, 0) is 19.1 Å². The van der Waals surface area contributed by atoms with Crippen LogP contribution in [0.3, 0.4) is 0 Å². The number of rotatable bonds is 37. The lowest BCUT2D eigenvalue weighted by atomic mass is 10.0. The summed E-state index contributed by atoms with van der Waals surface area (Å²) >= 11 is 0. The van der Waals surface area contributed by atoms with Crippen LogP contribution in [0.4, 0.5) is 0 Å². The van der Waals surface area contributed by atoms with Gasteiger partial charge in [0.05, 0.1) is 0 Å². The minimum atomic E-state index is -1.01. The lowest BCUT2D eigenvalue weighted by Gasteiger charge is -2.18. The molecule has 1 amide bonds. The molecule has 272 valence electrons. The summed E-state index contributed by atoms with van der Waals surface area (Å²) in [5, 5.41) is 11.1. The molecule has 0 saturated heterocycles. The summed E-state index contributed by atoms with van der Waals surface area (Å²) in [6.45, 7) is 4.23. The van der Waals surface area contributed by atoms with E-state index >= 15 is 0 Å². The van der Waals surface area contributed by atoms with E-state index in [-0.39, 0.29) is 24.5 Å². The molecule has 0 radical (unpaired) electrons. The van der Waals surface area contributed by atoms with Gasteiger partial charge in [-0.25, -0.2) is 0 Å². The maximum absolute atomic E-state index is 12.7. The van der Waals surface area contributed by atoms with Crippen molar-refractivity contribution in [2.45, 2.75) is 232 Å². The molecule has 0 saturated carbocycles. The zero-order chi connectivity index (χ0) is 33.8. The topological polar surface area (TPSA) is 92.7 Å². The average Bonchev–Trinajstić information content (AvgIpc) is 3.04. The van der Waals surface area contributed by atoms with Crippen LogP contribution in [-0.4, -0.2) is 35.6 Å². The van der Waals surface area contributed by atoms with Crippen LogP contribution in [0.25, 0.3) is 0 Å². The van der Waals surface area contributed by atoms with E-state index in [0.29, 0.717) is 12.8 Å². The lowest BCUT2D eigenvalue weighted by molar-refractivity contribution is -0.150. The first-order valence-corrected chi connectivity index (χ1v) is 20.2. The van der Waals surface area contributed by atoms with Gasteiger partial charge in [-0.05, 0) is 38.5 Å². The van der Waals surface area contributed by atoms with E-state index in [1.54, 1.807) is 0 Å². The molecule has 6 nitrogen and oxygen atoms in total. The third kappa shape index (κ3) is 35.3. The van der Waals surface area contributed by atoms with Crippen LogP contribution >= 0.6 is 0 Å². The van der Waals surface area contributed by atoms with E-state index in [1.807, 2.05) is 0 Å². The molecule has 0 rings (SSSR count). The summed E-state index contributed by atoms with van der Waals surface area (Å²) in [6.07, 6.45) is 39.3. The summed E-state index contributed by atoms with van der Waals surface area (Å²) in [5.74, 6) is -1.21. The largest absolute Gasteiger partial charge is 0.480 e. The van der Waals surface area contributed by atoms with Gasteiger partial charge in [0.1, 0.15) is 12.6 Å². The third-order valence-corrected chi connectivity index (χ3v) is 9.28. The zero-order valence-corrected chi connectivity index (χ0v) is 30.7.